The van der Waals surface area contributed by atoms with Crippen molar-refractivity contribution in [1.29, 1.82) is 0 Å². The summed E-state index contributed by atoms with van der Waals surface area (Å²) < 4.78 is 29.3. The van der Waals surface area contributed by atoms with Crippen LogP contribution >= 0.6 is 0 Å². The first kappa shape index (κ1) is 16.9. The van der Waals surface area contributed by atoms with E-state index in [0.717, 1.165) is 45.2 Å². The van der Waals surface area contributed by atoms with Crippen LogP contribution in [0.15, 0.2) is 17.6 Å². The minimum atomic E-state index is -3.70. The summed E-state index contributed by atoms with van der Waals surface area (Å²) in [6.07, 6.45) is 8.14. The van der Waals surface area contributed by atoms with Crippen molar-refractivity contribution in [2.75, 3.05) is 13.1 Å². The normalized spacial score (nSPS) is 30.4. The second-order valence-corrected chi connectivity index (χ2v) is 8.35. The molecule has 3 rings (SSSR count). The molecule has 0 unspecified atom stereocenters. The summed E-state index contributed by atoms with van der Waals surface area (Å²) in [5, 5.41) is 10.8. The van der Waals surface area contributed by atoms with Gasteiger partial charge in [0.1, 0.15) is 0 Å². The Balaban J connectivity index is 1.74. The van der Waals surface area contributed by atoms with Crippen molar-refractivity contribution in [1.82, 2.24) is 19.2 Å². The van der Waals surface area contributed by atoms with Crippen LogP contribution < -0.4 is 4.72 Å². The largest absolute Gasteiger partial charge is 0.390 e. The van der Waals surface area contributed by atoms with Crippen molar-refractivity contribution in [2.24, 2.45) is 7.05 Å². The third-order valence-corrected chi connectivity index (χ3v) is 6.32. The minimum Gasteiger partial charge on any atom is -0.390 e. The second kappa shape index (κ2) is 6.88. The van der Waals surface area contributed by atoms with Gasteiger partial charge in [0.25, 0.3) is 10.0 Å². The lowest BCUT2D eigenvalue weighted by Gasteiger charge is -2.34. The highest BCUT2D eigenvalue weighted by Crippen LogP contribution is 2.26. The topological polar surface area (TPSA) is 87.5 Å². The Labute approximate surface area is 137 Å². The van der Waals surface area contributed by atoms with Gasteiger partial charge in [-0.05, 0) is 38.8 Å². The van der Waals surface area contributed by atoms with Crippen LogP contribution in [0.1, 0.15) is 38.5 Å². The third kappa shape index (κ3) is 3.76. The Bertz CT molecular complexity index is 624. The lowest BCUT2D eigenvalue weighted by Crippen LogP contribution is -2.52. The summed E-state index contributed by atoms with van der Waals surface area (Å²) in [6.45, 7) is 2.00. The molecule has 2 heterocycles. The second-order valence-electron chi connectivity index (χ2n) is 6.69. The predicted octanol–water partition coefficient (Wildman–Crippen LogP) is 0.466. The molecule has 0 aromatic carbocycles. The zero-order valence-corrected chi connectivity index (χ0v) is 14.4. The van der Waals surface area contributed by atoms with E-state index in [4.69, 9.17) is 0 Å². The van der Waals surface area contributed by atoms with Gasteiger partial charge in [-0.2, -0.15) is 0 Å². The Morgan fingerprint density at radius 1 is 1.22 bits per heavy atom. The predicted molar refractivity (Wildman–Crippen MR) is 86.4 cm³/mol. The third-order valence-electron chi connectivity index (χ3n) is 4.94. The summed E-state index contributed by atoms with van der Waals surface area (Å²) in [5.41, 5.74) is 0. The van der Waals surface area contributed by atoms with E-state index in [1.165, 1.54) is 12.5 Å². The molecule has 7 nitrogen and oxygen atoms in total. The molecule has 8 heteroatoms. The van der Waals surface area contributed by atoms with Gasteiger partial charge >= 0.3 is 0 Å². The molecule has 23 heavy (non-hydrogen) atoms. The zero-order valence-electron chi connectivity index (χ0n) is 13.6. The van der Waals surface area contributed by atoms with Crippen LogP contribution in [-0.4, -0.2) is 59.3 Å². The summed E-state index contributed by atoms with van der Waals surface area (Å²) in [7, 11) is -1.96. The van der Waals surface area contributed by atoms with Gasteiger partial charge < -0.3 is 9.67 Å². The fourth-order valence-electron chi connectivity index (χ4n) is 3.72. The molecule has 130 valence electrons. The molecule has 2 fully saturated rings. The molecule has 1 aliphatic carbocycles. The molecule has 1 saturated carbocycles. The molecule has 3 atom stereocenters. The van der Waals surface area contributed by atoms with Gasteiger partial charge in [-0.15, -0.1) is 0 Å². The number of aliphatic hydroxyl groups is 1. The standard InChI is InChI=1S/C15H26N4O3S/c1-18-10-14(16-11-18)23(21,22)17-12-6-2-3-7-13(15(12)20)19-8-4-5-9-19/h10-13,15,17,20H,2-9H2,1H3/t12-,13-,15-/m1/s1. The van der Waals surface area contributed by atoms with E-state index in [2.05, 4.69) is 14.6 Å². The number of likely N-dealkylation sites (tertiary alicyclic amines) is 1. The molecule has 0 amide bonds. The molecular weight excluding hydrogens is 316 g/mol. The van der Waals surface area contributed by atoms with Gasteiger partial charge in [-0.1, -0.05) is 12.8 Å². The highest BCUT2D eigenvalue weighted by Gasteiger charge is 2.37. The SMILES string of the molecule is Cn1cnc(S(=O)(=O)N[C@@H]2CCCC[C@@H](N3CCCC3)[C@@H]2O)c1. The van der Waals surface area contributed by atoms with Gasteiger partial charge in [0, 0.05) is 25.3 Å². The number of imidazole rings is 1. The first-order valence-corrected chi connectivity index (χ1v) is 9.88. The highest BCUT2D eigenvalue weighted by atomic mass is 32.2. The molecule has 1 aliphatic heterocycles. The lowest BCUT2D eigenvalue weighted by atomic mass is 10.0. The first-order chi connectivity index (χ1) is 11.0. The fraction of sp³-hybridized carbons (Fsp3) is 0.800. The number of aliphatic hydroxyl groups excluding tert-OH is 1. The molecule has 1 aromatic heterocycles. The number of nitrogens with one attached hydrogen (secondary N) is 1. The van der Waals surface area contributed by atoms with E-state index in [-0.39, 0.29) is 11.1 Å². The Hall–Kier alpha value is -0.960. The van der Waals surface area contributed by atoms with Crippen LogP contribution in [0.5, 0.6) is 0 Å². The van der Waals surface area contributed by atoms with Crippen LogP contribution in [-0.2, 0) is 17.1 Å². The molecule has 1 aromatic rings. The van der Waals surface area contributed by atoms with Gasteiger partial charge in [-0.3, -0.25) is 4.90 Å². The highest BCUT2D eigenvalue weighted by molar-refractivity contribution is 7.89. The molecule has 1 saturated heterocycles. The number of aryl methyl sites for hydroxylation is 1. The molecule has 2 N–H and O–H groups in total. The van der Waals surface area contributed by atoms with Crippen LogP contribution in [0.4, 0.5) is 0 Å². The van der Waals surface area contributed by atoms with Gasteiger partial charge in [-0.25, -0.2) is 18.1 Å². The monoisotopic (exact) mass is 342 g/mol. The maximum atomic E-state index is 12.5. The van der Waals surface area contributed by atoms with Gasteiger partial charge in [0.2, 0.25) is 0 Å². The van der Waals surface area contributed by atoms with Crippen molar-refractivity contribution < 1.29 is 13.5 Å². The van der Waals surface area contributed by atoms with Crippen molar-refractivity contribution in [3.63, 3.8) is 0 Å². The summed E-state index contributed by atoms with van der Waals surface area (Å²) in [4.78, 5) is 6.24. The number of aromatic nitrogens is 2. The Morgan fingerprint density at radius 2 is 1.91 bits per heavy atom. The molecule has 0 bridgehead atoms. The average Bonchev–Trinajstić information content (AvgIpc) is 3.14. The van der Waals surface area contributed by atoms with Gasteiger partial charge in [0.05, 0.1) is 12.4 Å². The quantitative estimate of drug-likeness (QED) is 0.777. The van der Waals surface area contributed by atoms with Crippen LogP contribution in [0.3, 0.4) is 0 Å². The minimum absolute atomic E-state index is 0.00849. The number of nitrogens with zero attached hydrogens (tertiary/aromatic N) is 3. The summed E-state index contributed by atoms with van der Waals surface area (Å²) in [6, 6.07) is -0.397. The van der Waals surface area contributed by atoms with Gasteiger partial charge in [0.15, 0.2) is 5.03 Å². The van der Waals surface area contributed by atoms with E-state index < -0.39 is 22.2 Å². The Kier molecular flexibility index (Phi) is 5.05. The van der Waals surface area contributed by atoms with Crippen molar-refractivity contribution in [3.8, 4) is 0 Å². The summed E-state index contributed by atoms with van der Waals surface area (Å²) >= 11 is 0. The number of rotatable bonds is 4. The molecule has 0 spiro atoms. The van der Waals surface area contributed by atoms with E-state index in [0.29, 0.717) is 6.42 Å². The van der Waals surface area contributed by atoms with E-state index in [1.54, 1.807) is 11.6 Å². The Morgan fingerprint density at radius 3 is 2.57 bits per heavy atom. The first-order valence-electron chi connectivity index (χ1n) is 8.40. The zero-order chi connectivity index (χ0) is 16.4. The van der Waals surface area contributed by atoms with Crippen LogP contribution in [0.2, 0.25) is 0 Å². The van der Waals surface area contributed by atoms with E-state index >= 15 is 0 Å². The lowest BCUT2D eigenvalue weighted by molar-refractivity contribution is 0.0409. The smallest absolute Gasteiger partial charge is 0.259 e. The van der Waals surface area contributed by atoms with Crippen LogP contribution in [0, 0.1) is 0 Å². The number of hydrogen-bond donors (Lipinski definition) is 2. The van der Waals surface area contributed by atoms with Crippen LogP contribution in [0.25, 0.3) is 0 Å². The maximum absolute atomic E-state index is 12.5. The van der Waals surface area contributed by atoms with Crippen molar-refractivity contribution in [3.05, 3.63) is 12.5 Å². The van der Waals surface area contributed by atoms with E-state index in [1.807, 2.05) is 0 Å². The fourth-order valence-corrected chi connectivity index (χ4v) is 4.98. The number of sulfonamides is 1. The average molecular weight is 342 g/mol. The molecule has 0 radical (unpaired) electrons. The maximum Gasteiger partial charge on any atom is 0.259 e. The van der Waals surface area contributed by atoms with Crippen molar-refractivity contribution in [2.45, 2.75) is 61.7 Å². The van der Waals surface area contributed by atoms with E-state index in [9.17, 15) is 13.5 Å². The van der Waals surface area contributed by atoms with Crippen molar-refractivity contribution >= 4 is 10.0 Å². The number of hydrogen-bond acceptors (Lipinski definition) is 5. The summed E-state index contributed by atoms with van der Waals surface area (Å²) in [5.74, 6) is 0. The molecular formula is C15H26N4O3S. The molecule has 2 aliphatic rings.